The number of amides is 2. The van der Waals surface area contributed by atoms with E-state index in [-0.39, 0.29) is 11.8 Å². The minimum Gasteiger partial charge on any atom is -0.351 e. The summed E-state index contributed by atoms with van der Waals surface area (Å²) >= 11 is 1.98. The van der Waals surface area contributed by atoms with Crippen LogP contribution >= 0.6 is 11.8 Å². The Morgan fingerprint density at radius 2 is 2.18 bits per heavy atom. The van der Waals surface area contributed by atoms with Crippen LogP contribution in [0.25, 0.3) is 0 Å². The van der Waals surface area contributed by atoms with E-state index in [0.29, 0.717) is 24.5 Å². The Bertz CT molecular complexity index is 338. The first-order chi connectivity index (χ1) is 8.25. The Kier molecular flexibility index (Phi) is 4.42. The van der Waals surface area contributed by atoms with Gasteiger partial charge in [-0.3, -0.25) is 9.59 Å². The first-order valence-electron chi connectivity index (χ1n) is 5.97. The van der Waals surface area contributed by atoms with Crippen molar-refractivity contribution in [2.24, 2.45) is 11.0 Å². The quantitative estimate of drug-likeness (QED) is 0.772. The van der Waals surface area contributed by atoms with E-state index in [0.717, 1.165) is 6.54 Å². The summed E-state index contributed by atoms with van der Waals surface area (Å²) in [5.74, 6) is 2.72. The van der Waals surface area contributed by atoms with Gasteiger partial charge in [0.2, 0.25) is 5.91 Å². The second-order valence-electron chi connectivity index (χ2n) is 4.36. The molecule has 2 aliphatic rings. The molecule has 1 fully saturated rings. The zero-order valence-corrected chi connectivity index (χ0v) is 10.5. The number of hydrogen-bond donors (Lipinski definition) is 2. The van der Waals surface area contributed by atoms with E-state index < -0.39 is 0 Å². The van der Waals surface area contributed by atoms with Crippen LogP contribution in [-0.2, 0) is 9.59 Å². The van der Waals surface area contributed by atoms with Crippen LogP contribution in [0.1, 0.15) is 25.7 Å². The SMILES string of the molecule is O=C1CCC(C(=O)NCC2CCSCC2)=NN1. The van der Waals surface area contributed by atoms with Gasteiger partial charge in [0.25, 0.3) is 5.91 Å². The molecule has 0 aromatic heterocycles. The van der Waals surface area contributed by atoms with Crippen LogP contribution < -0.4 is 10.7 Å². The molecule has 0 radical (unpaired) electrons. The molecule has 0 unspecified atom stereocenters. The van der Waals surface area contributed by atoms with Crippen LogP contribution in [0.5, 0.6) is 0 Å². The van der Waals surface area contributed by atoms with Crippen LogP contribution in [0, 0.1) is 5.92 Å². The fourth-order valence-electron chi connectivity index (χ4n) is 1.93. The molecule has 2 aliphatic heterocycles. The average molecular weight is 255 g/mol. The number of carbonyl (C=O) groups is 2. The molecular formula is C11H17N3O2S. The molecule has 17 heavy (non-hydrogen) atoms. The summed E-state index contributed by atoms with van der Waals surface area (Å²) in [6.07, 6.45) is 3.15. The molecule has 0 saturated carbocycles. The van der Waals surface area contributed by atoms with E-state index in [4.69, 9.17) is 0 Å². The van der Waals surface area contributed by atoms with Gasteiger partial charge in [0.15, 0.2) is 0 Å². The smallest absolute Gasteiger partial charge is 0.267 e. The molecule has 0 aliphatic carbocycles. The van der Waals surface area contributed by atoms with Gasteiger partial charge in [-0.25, -0.2) is 5.43 Å². The molecule has 0 aromatic rings. The highest BCUT2D eigenvalue weighted by Gasteiger charge is 2.20. The largest absolute Gasteiger partial charge is 0.351 e. The number of thioether (sulfide) groups is 1. The number of nitrogens with one attached hydrogen (secondary N) is 2. The molecule has 0 spiro atoms. The van der Waals surface area contributed by atoms with Crippen molar-refractivity contribution in [2.45, 2.75) is 25.7 Å². The van der Waals surface area contributed by atoms with Crippen molar-refractivity contribution in [3.8, 4) is 0 Å². The Morgan fingerprint density at radius 1 is 1.41 bits per heavy atom. The summed E-state index contributed by atoms with van der Waals surface area (Å²) in [5, 5.41) is 6.68. The summed E-state index contributed by atoms with van der Waals surface area (Å²) in [6, 6.07) is 0. The normalized spacial score (nSPS) is 21.6. The maximum atomic E-state index is 11.7. The van der Waals surface area contributed by atoms with Crippen LogP contribution in [0.4, 0.5) is 0 Å². The summed E-state index contributed by atoms with van der Waals surface area (Å²) in [7, 11) is 0. The second-order valence-corrected chi connectivity index (χ2v) is 5.58. The Hall–Kier alpha value is -1.04. The molecule has 0 atom stereocenters. The van der Waals surface area contributed by atoms with E-state index in [1.165, 1.54) is 24.3 Å². The predicted molar refractivity (Wildman–Crippen MR) is 67.9 cm³/mol. The zero-order valence-electron chi connectivity index (χ0n) is 9.70. The van der Waals surface area contributed by atoms with Crippen molar-refractivity contribution in [1.29, 1.82) is 0 Å². The van der Waals surface area contributed by atoms with Gasteiger partial charge in [0.05, 0.1) is 0 Å². The molecule has 1 saturated heterocycles. The minimum absolute atomic E-state index is 0.120. The molecule has 5 nitrogen and oxygen atoms in total. The van der Waals surface area contributed by atoms with Crippen molar-refractivity contribution in [2.75, 3.05) is 18.1 Å². The Labute approximate surface area is 105 Å². The summed E-state index contributed by atoms with van der Waals surface area (Å²) in [6.45, 7) is 0.729. The number of nitrogens with zero attached hydrogens (tertiary/aromatic N) is 1. The maximum absolute atomic E-state index is 11.7. The lowest BCUT2D eigenvalue weighted by molar-refractivity contribution is -0.121. The van der Waals surface area contributed by atoms with Crippen molar-refractivity contribution in [3.05, 3.63) is 0 Å². The molecular weight excluding hydrogens is 238 g/mol. The zero-order chi connectivity index (χ0) is 12.1. The van der Waals surface area contributed by atoms with Crippen molar-refractivity contribution in [1.82, 2.24) is 10.7 Å². The number of rotatable bonds is 3. The Balaban J connectivity index is 1.75. The van der Waals surface area contributed by atoms with E-state index in [1.54, 1.807) is 0 Å². The molecule has 0 aromatic carbocycles. The third kappa shape index (κ3) is 3.73. The summed E-state index contributed by atoms with van der Waals surface area (Å²) in [4.78, 5) is 22.6. The molecule has 2 heterocycles. The lowest BCUT2D eigenvalue weighted by Gasteiger charge is -2.21. The standard InChI is InChI=1S/C11H17N3O2S/c15-10-2-1-9(13-14-10)11(16)12-7-8-3-5-17-6-4-8/h8H,1-7H2,(H,12,16)(H,14,15). The molecule has 2 amide bonds. The van der Waals surface area contributed by atoms with Crippen LogP contribution in [-0.4, -0.2) is 35.6 Å². The summed E-state index contributed by atoms with van der Waals surface area (Å²) in [5.41, 5.74) is 2.78. The van der Waals surface area contributed by atoms with Crippen LogP contribution in [0.15, 0.2) is 5.10 Å². The molecule has 6 heteroatoms. The van der Waals surface area contributed by atoms with Gasteiger partial charge in [-0.2, -0.15) is 16.9 Å². The highest BCUT2D eigenvalue weighted by Crippen LogP contribution is 2.21. The first kappa shape index (κ1) is 12.4. The molecule has 2 rings (SSSR count). The van der Waals surface area contributed by atoms with Crippen LogP contribution in [0.3, 0.4) is 0 Å². The lowest BCUT2D eigenvalue weighted by Crippen LogP contribution is -2.39. The highest BCUT2D eigenvalue weighted by atomic mass is 32.2. The number of carbonyl (C=O) groups excluding carboxylic acids is 2. The fraction of sp³-hybridized carbons (Fsp3) is 0.727. The maximum Gasteiger partial charge on any atom is 0.267 e. The van der Waals surface area contributed by atoms with Crippen molar-refractivity contribution < 1.29 is 9.59 Å². The van der Waals surface area contributed by atoms with Crippen molar-refractivity contribution in [3.63, 3.8) is 0 Å². The second kappa shape index (κ2) is 6.05. The van der Waals surface area contributed by atoms with Gasteiger partial charge < -0.3 is 5.32 Å². The molecule has 94 valence electrons. The fourth-order valence-corrected chi connectivity index (χ4v) is 3.13. The number of hydrazone groups is 1. The van der Waals surface area contributed by atoms with E-state index in [1.807, 2.05) is 11.8 Å². The van der Waals surface area contributed by atoms with E-state index in [9.17, 15) is 9.59 Å². The third-order valence-electron chi connectivity index (χ3n) is 3.06. The van der Waals surface area contributed by atoms with Gasteiger partial charge >= 0.3 is 0 Å². The van der Waals surface area contributed by atoms with Crippen LogP contribution in [0.2, 0.25) is 0 Å². The third-order valence-corrected chi connectivity index (χ3v) is 4.11. The molecule has 0 bridgehead atoms. The lowest BCUT2D eigenvalue weighted by atomic mass is 10.0. The predicted octanol–water partition coefficient (Wildman–Crippen LogP) is 0.512. The van der Waals surface area contributed by atoms with Gasteiger partial charge in [0, 0.05) is 19.4 Å². The van der Waals surface area contributed by atoms with Gasteiger partial charge in [-0.05, 0) is 30.3 Å². The topological polar surface area (TPSA) is 70.6 Å². The first-order valence-corrected chi connectivity index (χ1v) is 7.12. The Morgan fingerprint density at radius 3 is 2.82 bits per heavy atom. The van der Waals surface area contributed by atoms with E-state index >= 15 is 0 Å². The number of hydrogen-bond acceptors (Lipinski definition) is 4. The van der Waals surface area contributed by atoms with E-state index in [2.05, 4.69) is 15.8 Å². The molecule has 2 N–H and O–H groups in total. The average Bonchev–Trinajstić information content (AvgIpc) is 2.38. The highest BCUT2D eigenvalue weighted by molar-refractivity contribution is 7.99. The van der Waals surface area contributed by atoms with Gasteiger partial charge in [-0.15, -0.1) is 0 Å². The summed E-state index contributed by atoms with van der Waals surface area (Å²) < 4.78 is 0. The van der Waals surface area contributed by atoms with Crippen molar-refractivity contribution >= 4 is 29.3 Å². The van der Waals surface area contributed by atoms with Gasteiger partial charge in [0.1, 0.15) is 5.71 Å². The monoisotopic (exact) mass is 255 g/mol. The minimum atomic E-state index is -0.136. The van der Waals surface area contributed by atoms with Gasteiger partial charge in [-0.1, -0.05) is 0 Å².